The lowest BCUT2D eigenvalue weighted by atomic mass is 10.2. The van der Waals surface area contributed by atoms with Crippen LogP contribution in [0.1, 0.15) is 27.2 Å². The van der Waals surface area contributed by atoms with Gasteiger partial charge in [-0.1, -0.05) is 20.8 Å². The fourth-order valence-electron chi connectivity index (χ4n) is 0.804. The maximum absolute atomic E-state index is 12.6. The lowest BCUT2D eigenvalue weighted by Gasteiger charge is -2.36. The third kappa shape index (κ3) is 4.89. The topological polar surface area (TPSA) is 46.5 Å². The third-order valence-electron chi connectivity index (χ3n) is 2.91. The highest BCUT2D eigenvalue weighted by Crippen LogP contribution is 2.36. The Kier molecular flexibility index (Phi) is 5.35. The zero-order chi connectivity index (χ0) is 13.0. The van der Waals surface area contributed by atoms with Gasteiger partial charge in [-0.2, -0.15) is 4.39 Å². The van der Waals surface area contributed by atoms with E-state index in [0.29, 0.717) is 13.0 Å². The molecule has 0 saturated heterocycles. The van der Waals surface area contributed by atoms with Gasteiger partial charge in [0.2, 0.25) is 5.83 Å². The van der Waals surface area contributed by atoms with Crippen molar-refractivity contribution >= 4 is 14.3 Å². The first-order valence-electron chi connectivity index (χ1n) is 5.31. The van der Waals surface area contributed by atoms with Crippen molar-refractivity contribution in [3.8, 4) is 0 Å². The molecule has 0 saturated carbocycles. The van der Waals surface area contributed by atoms with Gasteiger partial charge >= 0.3 is 5.97 Å². The molecule has 94 valence electrons. The second kappa shape index (κ2) is 5.59. The second-order valence-corrected chi connectivity index (χ2v) is 10.1. The zero-order valence-corrected chi connectivity index (χ0v) is 11.6. The molecule has 0 radical (unpaired) electrons. The number of carbonyl (C=O) groups is 1. The van der Waals surface area contributed by atoms with Crippen molar-refractivity contribution in [3.05, 3.63) is 11.9 Å². The van der Waals surface area contributed by atoms with Crippen LogP contribution in [0.3, 0.4) is 0 Å². The predicted molar refractivity (Wildman–Crippen MR) is 64.6 cm³/mol. The zero-order valence-electron chi connectivity index (χ0n) is 10.6. The second-order valence-electron chi connectivity index (χ2n) is 5.25. The highest BCUT2D eigenvalue weighted by Gasteiger charge is 2.36. The van der Waals surface area contributed by atoms with Crippen molar-refractivity contribution in [3.63, 3.8) is 0 Å². The summed E-state index contributed by atoms with van der Waals surface area (Å²) in [6, 6.07) is 0. The molecule has 0 aromatic rings. The Balaban J connectivity index is 4.10. The molecule has 0 atom stereocenters. The average molecular weight is 248 g/mol. The molecule has 0 aliphatic carbocycles. The van der Waals surface area contributed by atoms with Gasteiger partial charge in [-0.25, -0.2) is 4.79 Å². The molecule has 0 aliphatic rings. The Labute approximate surface area is 97.4 Å². The van der Waals surface area contributed by atoms with Crippen LogP contribution in [0, 0.1) is 0 Å². The Morgan fingerprint density at radius 3 is 2.31 bits per heavy atom. The summed E-state index contributed by atoms with van der Waals surface area (Å²) < 4.78 is 18.4. The Bertz CT molecular complexity index is 279. The number of hydrogen-bond acceptors (Lipinski definition) is 2. The van der Waals surface area contributed by atoms with E-state index in [2.05, 4.69) is 33.9 Å². The number of hydrogen-bond donors (Lipinski definition) is 1. The molecule has 0 unspecified atom stereocenters. The standard InChI is InChI=1S/C11H21FO3Si/c1-11(2,3)16(4,5)15-8-6-7-9(12)10(13)14/h7H,6,8H2,1-5H3,(H,13,14)/b9-7+. The highest BCUT2D eigenvalue weighted by molar-refractivity contribution is 6.74. The van der Waals surface area contributed by atoms with Gasteiger partial charge in [-0.05, 0) is 30.6 Å². The largest absolute Gasteiger partial charge is 0.476 e. The number of aliphatic carboxylic acids is 1. The van der Waals surface area contributed by atoms with Gasteiger partial charge in [0.1, 0.15) is 0 Å². The first kappa shape index (κ1) is 15.3. The van der Waals surface area contributed by atoms with Gasteiger partial charge in [0.25, 0.3) is 0 Å². The summed E-state index contributed by atoms with van der Waals surface area (Å²) in [7, 11) is -1.80. The summed E-state index contributed by atoms with van der Waals surface area (Å²) in [6.45, 7) is 10.9. The van der Waals surface area contributed by atoms with Gasteiger partial charge < -0.3 is 9.53 Å². The molecule has 1 N–H and O–H groups in total. The molecule has 0 fully saturated rings. The van der Waals surface area contributed by atoms with Crippen molar-refractivity contribution in [1.29, 1.82) is 0 Å². The molecule has 0 aromatic heterocycles. The summed E-state index contributed by atoms with van der Waals surface area (Å²) in [5.41, 5.74) is 0. The minimum atomic E-state index is -1.80. The van der Waals surface area contributed by atoms with Crippen LogP contribution in [0.2, 0.25) is 18.1 Å². The van der Waals surface area contributed by atoms with E-state index in [1.807, 2.05) is 0 Å². The molecule has 0 rings (SSSR count). The minimum absolute atomic E-state index is 0.113. The maximum atomic E-state index is 12.6. The van der Waals surface area contributed by atoms with Gasteiger partial charge in [-0.15, -0.1) is 0 Å². The Hall–Kier alpha value is -0.683. The molecule has 16 heavy (non-hydrogen) atoms. The molecule has 0 amide bonds. The van der Waals surface area contributed by atoms with Gasteiger partial charge in [0, 0.05) is 6.61 Å². The lowest BCUT2D eigenvalue weighted by molar-refractivity contribution is -0.134. The van der Waals surface area contributed by atoms with Crippen molar-refractivity contribution in [2.45, 2.75) is 45.3 Å². The lowest BCUT2D eigenvalue weighted by Crippen LogP contribution is -2.40. The van der Waals surface area contributed by atoms with Crippen LogP contribution in [0.4, 0.5) is 4.39 Å². The van der Waals surface area contributed by atoms with Crippen molar-refractivity contribution in [1.82, 2.24) is 0 Å². The SMILES string of the molecule is CC(C)(C)[Si](C)(C)OCC/C=C(/F)C(=O)O. The molecular formula is C11H21FO3Si. The third-order valence-corrected chi connectivity index (χ3v) is 7.45. The first-order valence-corrected chi connectivity index (χ1v) is 8.21. The van der Waals surface area contributed by atoms with E-state index in [1.54, 1.807) is 0 Å². The smallest absolute Gasteiger partial charge is 0.364 e. The first-order chi connectivity index (χ1) is 7.08. The Morgan fingerprint density at radius 1 is 1.44 bits per heavy atom. The Morgan fingerprint density at radius 2 is 1.94 bits per heavy atom. The number of carboxylic acid groups (broad SMARTS) is 1. The highest BCUT2D eigenvalue weighted by atomic mass is 28.4. The van der Waals surface area contributed by atoms with Crippen LogP contribution in [0.15, 0.2) is 11.9 Å². The van der Waals surface area contributed by atoms with Crippen molar-refractivity contribution in [2.24, 2.45) is 0 Å². The average Bonchev–Trinajstić information content (AvgIpc) is 2.09. The molecule has 0 aliphatic heterocycles. The summed E-state index contributed by atoms with van der Waals surface area (Å²) in [6.07, 6.45) is 1.35. The van der Waals surface area contributed by atoms with Crippen molar-refractivity contribution < 1.29 is 18.7 Å². The van der Waals surface area contributed by atoms with E-state index in [4.69, 9.17) is 9.53 Å². The summed E-state index contributed by atoms with van der Waals surface area (Å²) in [5, 5.41) is 8.41. The molecule has 0 heterocycles. The maximum Gasteiger partial charge on any atom is 0.364 e. The molecule has 5 heteroatoms. The van der Waals surface area contributed by atoms with E-state index >= 15 is 0 Å². The van der Waals surface area contributed by atoms with Crippen LogP contribution in [-0.2, 0) is 9.22 Å². The van der Waals surface area contributed by atoms with E-state index in [0.717, 1.165) is 6.08 Å². The predicted octanol–water partition coefficient (Wildman–Crippen LogP) is 3.34. The van der Waals surface area contributed by atoms with Crippen LogP contribution in [0.25, 0.3) is 0 Å². The summed E-state index contributed by atoms with van der Waals surface area (Å²) in [5.74, 6) is -2.63. The number of carboxylic acids is 1. The van der Waals surface area contributed by atoms with Crippen LogP contribution in [0.5, 0.6) is 0 Å². The summed E-state index contributed by atoms with van der Waals surface area (Å²) >= 11 is 0. The molecule has 3 nitrogen and oxygen atoms in total. The minimum Gasteiger partial charge on any atom is -0.476 e. The van der Waals surface area contributed by atoms with Crippen molar-refractivity contribution in [2.75, 3.05) is 6.61 Å². The van der Waals surface area contributed by atoms with Gasteiger partial charge in [-0.3, -0.25) is 0 Å². The normalized spacial score (nSPS) is 14.0. The monoisotopic (exact) mass is 248 g/mol. The van der Waals surface area contributed by atoms with Crippen LogP contribution in [-0.4, -0.2) is 26.0 Å². The van der Waals surface area contributed by atoms with Gasteiger partial charge in [0.05, 0.1) is 0 Å². The summed E-state index contributed by atoms with van der Waals surface area (Å²) in [4.78, 5) is 10.2. The van der Waals surface area contributed by atoms with Crippen LogP contribution < -0.4 is 0 Å². The fraction of sp³-hybridized carbons (Fsp3) is 0.727. The van der Waals surface area contributed by atoms with E-state index in [1.165, 1.54) is 0 Å². The number of rotatable bonds is 5. The quantitative estimate of drug-likeness (QED) is 0.461. The van der Waals surface area contributed by atoms with E-state index < -0.39 is 20.1 Å². The fourth-order valence-corrected chi connectivity index (χ4v) is 1.86. The molecule has 0 bridgehead atoms. The van der Waals surface area contributed by atoms with Gasteiger partial charge in [0.15, 0.2) is 8.32 Å². The number of halogens is 1. The van der Waals surface area contributed by atoms with E-state index in [-0.39, 0.29) is 5.04 Å². The molecule has 0 spiro atoms. The van der Waals surface area contributed by atoms with Crippen LogP contribution >= 0.6 is 0 Å². The van der Waals surface area contributed by atoms with E-state index in [9.17, 15) is 9.18 Å². The molecular weight excluding hydrogens is 227 g/mol. The molecule has 0 aromatic carbocycles.